The first-order valence-electron chi connectivity index (χ1n) is 10.9. The molecule has 0 aromatic carbocycles. The lowest BCUT2D eigenvalue weighted by Gasteiger charge is -2.54. The summed E-state index contributed by atoms with van der Waals surface area (Å²) in [7, 11) is 0. The average molecular weight is 369 g/mol. The third-order valence-corrected chi connectivity index (χ3v) is 7.50. The van der Waals surface area contributed by atoms with Crippen molar-refractivity contribution in [2.45, 2.75) is 44.7 Å². The van der Waals surface area contributed by atoms with Gasteiger partial charge in [-0.3, -0.25) is 19.6 Å². The molecule has 6 rings (SSSR count). The number of nitrogens with zero attached hydrogens (tertiary/aromatic N) is 3. The van der Waals surface area contributed by atoms with Gasteiger partial charge in [0, 0.05) is 45.0 Å². The van der Waals surface area contributed by atoms with Gasteiger partial charge in [0.1, 0.15) is 0 Å². The zero-order chi connectivity index (χ0) is 18.2. The zero-order valence-corrected chi connectivity index (χ0v) is 16.2. The first-order chi connectivity index (χ1) is 13.2. The maximum atomic E-state index is 12.7. The van der Waals surface area contributed by atoms with E-state index in [9.17, 15) is 4.79 Å². The zero-order valence-electron chi connectivity index (χ0n) is 16.2. The number of rotatable bonds is 5. The van der Waals surface area contributed by atoms with Crippen LogP contribution in [0, 0.1) is 23.7 Å². The van der Waals surface area contributed by atoms with Crippen LogP contribution < -0.4 is 5.32 Å². The number of carbonyl (C=O) groups is 1. The third kappa shape index (κ3) is 3.90. The van der Waals surface area contributed by atoms with Crippen molar-refractivity contribution in [3.8, 4) is 0 Å². The number of amides is 1. The van der Waals surface area contributed by atoms with Crippen molar-refractivity contribution in [3.05, 3.63) is 30.1 Å². The molecule has 1 saturated heterocycles. The number of aromatic nitrogens is 1. The van der Waals surface area contributed by atoms with Crippen LogP contribution in [0.1, 0.15) is 37.8 Å². The molecule has 146 valence electrons. The van der Waals surface area contributed by atoms with E-state index in [0.29, 0.717) is 12.6 Å². The van der Waals surface area contributed by atoms with Gasteiger partial charge in [0.15, 0.2) is 0 Å². The van der Waals surface area contributed by atoms with E-state index in [-0.39, 0.29) is 5.91 Å². The molecule has 2 heterocycles. The molecular weight excluding hydrogens is 336 g/mol. The quantitative estimate of drug-likeness (QED) is 0.865. The topological polar surface area (TPSA) is 48.5 Å². The van der Waals surface area contributed by atoms with Gasteiger partial charge in [0.05, 0.1) is 12.2 Å². The van der Waals surface area contributed by atoms with E-state index < -0.39 is 0 Å². The second kappa shape index (κ2) is 7.51. The number of pyridine rings is 1. The summed E-state index contributed by atoms with van der Waals surface area (Å²) in [6, 6.07) is 6.57. The van der Waals surface area contributed by atoms with Gasteiger partial charge < -0.3 is 5.32 Å². The lowest BCUT2D eigenvalue weighted by atomic mass is 9.54. The summed E-state index contributed by atoms with van der Waals surface area (Å²) in [6.45, 7) is 5.46. The fraction of sp³-hybridized carbons (Fsp3) is 0.727. The van der Waals surface area contributed by atoms with Crippen molar-refractivity contribution in [2.24, 2.45) is 23.7 Å². The van der Waals surface area contributed by atoms with Crippen LogP contribution in [0.25, 0.3) is 0 Å². The Kier molecular flexibility index (Phi) is 4.91. The molecule has 1 aliphatic heterocycles. The van der Waals surface area contributed by atoms with Gasteiger partial charge >= 0.3 is 0 Å². The number of piperazine rings is 1. The van der Waals surface area contributed by atoms with Crippen LogP contribution in [-0.2, 0) is 11.3 Å². The molecule has 27 heavy (non-hydrogen) atoms. The highest BCUT2D eigenvalue weighted by Gasteiger charge is 2.48. The number of hydrogen-bond donors (Lipinski definition) is 1. The van der Waals surface area contributed by atoms with Crippen molar-refractivity contribution < 1.29 is 4.79 Å². The first kappa shape index (κ1) is 17.6. The highest BCUT2D eigenvalue weighted by Crippen LogP contribution is 2.53. The minimum atomic E-state index is 0.255. The van der Waals surface area contributed by atoms with E-state index in [1.54, 1.807) is 0 Å². The summed E-state index contributed by atoms with van der Waals surface area (Å²) in [4.78, 5) is 21.9. The molecule has 4 bridgehead atoms. The summed E-state index contributed by atoms with van der Waals surface area (Å²) in [5.41, 5.74) is 1.13. The molecule has 1 aromatic heterocycles. The SMILES string of the molecule is O=C(CN1CCN(Cc2ccccn2)CC1)NC1C2CC3CC(C2)CC1C3. The van der Waals surface area contributed by atoms with Gasteiger partial charge in [-0.25, -0.2) is 0 Å². The van der Waals surface area contributed by atoms with Crippen LogP contribution in [0.2, 0.25) is 0 Å². The minimum Gasteiger partial charge on any atom is -0.352 e. The Morgan fingerprint density at radius 2 is 1.63 bits per heavy atom. The Balaban J connectivity index is 1.08. The molecular formula is C22H32N4O. The lowest BCUT2D eigenvalue weighted by Crippen LogP contribution is -2.57. The summed E-state index contributed by atoms with van der Waals surface area (Å²) < 4.78 is 0. The van der Waals surface area contributed by atoms with Gasteiger partial charge in [-0.05, 0) is 67.9 Å². The van der Waals surface area contributed by atoms with Gasteiger partial charge in [0.25, 0.3) is 0 Å². The molecule has 0 spiro atoms. The molecule has 5 fully saturated rings. The van der Waals surface area contributed by atoms with Crippen LogP contribution in [0.15, 0.2) is 24.4 Å². The predicted octanol–water partition coefficient (Wildman–Crippen LogP) is 2.14. The normalized spacial score (nSPS) is 36.1. The van der Waals surface area contributed by atoms with E-state index in [2.05, 4.69) is 26.2 Å². The Labute approximate surface area is 162 Å². The first-order valence-corrected chi connectivity index (χ1v) is 10.9. The van der Waals surface area contributed by atoms with Gasteiger partial charge in [-0.1, -0.05) is 6.07 Å². The Morgan fingerprint density at radius 3 is 2.26 bits per heavy atom. The second-order valence-electron chi connectivity index (χ2n) is 9.40. The van der Waals surface area contributed by atoms with Gasteiger partial charge in [-0.2, -0.15) is 0 Å². The number of hydrogen-bond acceptors (Lipinski definition) is 4. The van der Waals surface area contributed by atoms with Crippen LogP contribution in [0.5, 0.6) is 0 Å². The molecule has 4 aliphatic carbocycles. The number of nitrogens with one attached hydrogen (secondary N) is 1. The van der Waals surface area contributed by atoms with Crippen LogP contribution in [-0.4, -0.2) is 59.5 Å². The molecule has 1 aromatic rings. The molecule has 5 nitrogen and oxygen atoms in total. The van der Waals surface area contributed by atoms with Crippen LogP contribution >= 0.6 is 0 Å². The summed E-state index contributed by atoms with van der Waals surface area (Å²) in [5.74, 6) is 3.71. The lowest BCUT2D eigenvalue weighted by molar-refractivity contribution is -0.126. The minimum absolute atomic E-state index is 0.255. The maximum absolute atomic E-state index is 12.7. The van der Waals surface area contributed by atoms with Crippen LogP contribution in [0.4, 0.5) is 0 Å². The molecule has 5 aliphatic rings. The smallest absolute Gasteiger partial charge is 0.234 e. The van der Waals surface area contributed by atoms with E-state index in [1.165, 1.54) is 32.1 Å². The van der Waals surface area contributed by atoms with Gasteiger partial charge in [-0.15, -0.1) is 0 Å². The van der Waals surface area contributed by atoms with E-state index in [0.717, 1.165) is 62.1 Å². The largest absolute Gasteiger partial charge is 0.352 e. The van der Waals surface area contributed by atoms with Crippen molar-refractivity contribution in [3.63, 3.8) is 0 Å². The van der Waals surface area contributed by atoms with E-state index in [4.69, 9.17) is 0 Å². The average Bonchev–Trinajstić information content (AvgIpc) is 2.67. The van der Waals surface area contributed by atoms with Crippen molar-refractivity contribution in [1.29, 1.82) is 0 Å². The van der Waals surface area contributed by atoms with Crippen molar-refractivity contribution >= 4 is 5.91 Å². The highest BCUT2D eigenvalue weighted by molar-refractivity contribution is 5.78. The second-order valence-corrected chi connectivity index (χ2v) is 9.40. The summed E-state index contributed by atoms with van der Waals surface area (Å²) >= 11 is 0. The van der Waals surface area contributed by atoms with E-state index in [1.807, 2.05) is 18.3 Å². The summed E-state index contributed by atoms with van der Waals surface area (Å²) in [6.07, 6.45) is 8.79. The Bertz CT molecular complexity index is 628. The third-order valence-electron chi connectivity index (χ3n) is 7.50. The molecule has 1 amide bonds. The molecule has 0 unspecified atom stereocenters. The predicted molar refractivity (Wildman–Crippen MR) is 105 cm³/mol. The fourth-order valence-electron chi connectivity index (χ4n) is 6.42. The number of carbonyl (C=O) groups excluding carboxylic acids is 1. The molecule has 1 N–H and O–H groups in total. The monoisotopic (exact) mass is 368 g/mol. The maximum Gasteiger partial charge on any atom is 0.234 e. The molecule has 4 saturated carbocycles. The standard InChI is InChI=1S/C22H32N4O/c27-21(24-22-18-10-16-9-17(12-18)13-19(22)11-16)15-26-7-5-25(6-8-26)14-20-3-1-2-4-23-20/h1-4,16-19,22H,5-15H2,(H,24,27). The van der Waals surface area contributed by atoms with Crippen molar-refractivity contribution in [1.82, 2.24) is 20.1 Å². The highest BCUT2D eigenvalue weighted by atomic mass is 16.2. The van der Waals surface area contributed by atoms with Crippen molar-refractivity contribution in [2.75, 3.05) is 32.7 Å². The molecule has 0 radical (unpaired) electrons. The summed E-state index contributed by atoms with van der Waals surface area (Å²) in [5, 5.41) is 3.46. The van der Waals surface area contributed by atoms with E-state index >= 15 is 0 Å². The Hall–Kier alpha value is -1.46. The van der Waals surface area contributed by atoms with Gasteiger partial charge in [0.2, 0.25) is 5.91 Å². The fourth-order valence-corrected chi connectivity index (χ4v) is 6.42. The molecule has 0 atom stereocenters. The Morgan fingerprint density at radius 1 is 0.963 bits per heavy atom. The molecule has 5 heteroatoms. The van der Waals surface area contributed by atoms with Crippen LogP contribution in [0.3, 0.4) is 0 Å².